The summed E-state index contributed by atoms with van der Waals surface area (Å²) >= 11 is 0. The van der Waals surface area contributed by atoms with E-state index in [0.29, 0.717) is 18.3 Å². The van der Waals surface area contributed by atoms with Gasteiger partial charge in [0.25, 0.3) is 0 Å². The summed E-state index contributed by atoms with van der Waals surface area (Å²) in [5.74, 6) is 1.50. The fraction of sp³-hybridized carbons (Fsp3) is 0.500. The number of fused-ring (bicyclic) bond motifs is 1. The van der Waals surface area contributed by atoms with Gasteiger partial charge in [-0.05, 0) is 30.4 Å². The van der Waals surface area contributed by atoms with Gasteiger partial charge < -0.3 is 14.9 Å². The van der Waals surface area contributed by atoms with Gasteiger partial charge in [0.05, 0.1) is 6.61 Å². The minimum atomic E-state index is 0.119. The Balaban J connectivity index is 2.54. The number of hydrogen-bond acceptors (Lipinski definition) is 3. The summed E-state index contributed by atoms with van der Waals surface area (Å²) in [5.41, 5.74) is 0.760. The number of aromatic hydroxyl groups is 2. The van der Waals surface area contributed by atoms with E-state index in [1.807, 2.05) is 0 Å². The van der Waals surface area contributed by atoms with Crippen molar-refractivity contribution in [2.75, 3.05) is 6.61 Å². The third kappa shape index (κ3) is 1.62. The summed E-state index contributed by atoms with van der Waals surface area (Å²) in [5, 5.41) is 19.5. The second-order valence-electron chi connectivity index (χ2n) is 4.33. The summed E-state index contributed by atoms with van der Waals surface area (Å²) in [4.78, 5) is 0. The van der Waals surface area contributed by atoms with Gasteiger partial charge in [0.15, 0.2) is 11.5 Å². The Morgan fingerprint density at radius 1 is 1.27 bits per heavy atom. The molecule has 0 bridgehead atoms. The predicted molar refractivity (Wildman–Crippen MR) is 57.5 cm³/mol. The molecule has 0 fully saturated rings. The van der Waals surface area contributed by atoms with Crippen LogP contribution in [0.15, 0.2) is 12.1 Å². The van der Waals surface area contributed by atoms with Crippen molar-refractivity contribution < 1.29 is 14.9 Å². The Morgan fingerprint density at radius 3 is 2.60 bits per heavy atom. The fourth-order valence-electron chi connectivity index (χ4n) is 2.19. The summed E-state index contributed by atoms with van der Waals surface area (Å²) in [6, 6.07) is 3.00. The van der Waals surface area contributed by atoms with Crippen LogP contribution >= 0.6 is 0 Å². The van der Waals surface area contributed by atoms with E-state index in [1.54, 1.807) is 0 Å². The molecule has 0 spiro atoms. The van der Waals surface area contributed by atoms with Crippen molar-refractivity contribution in [3.8, 4) is 17.2 Å². The molecule has 0 saturated carbocycles. The van der Waals surface area contributed by atoms with E-state index in [0.717, 1.165) is 12.0 Å². The van der Waals surface area contributed by atoms with Gasteiger partial charge in [0.1, 0.15) is 5.75 Å². The zero-order valence-electron chi connectivity index (χ0n) is 9.03. The van der Waals surface area contributed by atoms with Gasteiger partial charge in [-0.25, -0.2) is 0 Å². The summed E-state index contributed by atoms with van der Waals surface area (Å²) < 4.78 is 5.41. The molecule has 1 aromatic carbocycles. The molecule has 1 atom stereocenters. The lowest BCUT2D eigenvalue weighted by Gasteiger charge is -2.29. The quantitative estimate of drug-likeness (QED) is 0.697. The molecule has 1 heterocycles. The molecule has 1 unspecified atom stereocenters. The molecular weight excluding hydrogens is 192 g/mol. The van der Waals surface area contributed by atoms with E-state index in [-0.39, 0.29) is 17.4 Å². The van der Waals surface area contributed by atoms with Crippen LogP contribution in [0.2, 0.25) is 0 Å². The molecule has 1 aliphatic heterocycles. The lowest BCUT2D eigenvalue weighted by molar-refractivity contribution is 0.231. The van der Waals surface area contributed by atoms with Crippen molar-refractivity contribution in [3.05, 3.63) is 17.7 Å². The van der Waals surface area contributed by atoms with Crippen molar-refractivity contribution in [2.24, 2.45) is 5.92 Å². The molecule has 2 N–H and O–H groups in total. The third-order valence-electron chi connectivity index (χ3n) is 3.00. The lowest BCUT2D eigenvalue weighted by Crippen LogP contribution is -2.18. The van der Waals surface area contributed by atoms with Crippen LogP contribution in [-0.2, 0) is 0 Å². The Hall–Kier alpha value is -1.38. The van der Waals surface area contributed by atoms with Gasteiger partial charge >= 0.3 is 0 Å². The molecule has 0 radical (unpaired) electrons. The van der Waals surface area contributed by atoms with Crippen LogP contribution in [0.4, 0.5) is 0 Å². The number of benzene rings is 1. The molecule has 15 heavy (non-hydrogen) atoms. The first-order chi connectivity index (χ1) is 7.11. The first-order valence-corrected chi connectivity index (χ1v) is 5.29. The maximum Gasteiger partial charge on any atom is 0.168 e. The molecule has 3 heteroatoms. The smallest absolute Gasteiger partial charge is 0.168 e. The van der Waals surface area contributed by atoms with Crippen molar-refractivity contribution in [1.29, 1.82) is 0 Å². The van der Waals surface area contributed by atoms with Gasteiger partial charge in [0, 0.05) is 5.56 Å². The second kappa shape index (κ2) is 3.65. The normalized spacial score (nSPS) is 19.8. The van der Waals surface area contributed by atoms with E-state index in [1.165, 1.54) is 12.1 Å². The molecule has 0 saturated heterocycles. The number of ether oxygens (including phenoxy) is 1. The third-order valence-corrected chi connectivity index (χ3v) is 3.00. The number of rotatable bonds is 1. The molecule has 0 aromatic heterocycles. The Labute approximate surface area is 89.3 Å². The van der Waals surface area contributed by atoms with Gasteiger partial charge in [0.2, 0.25) is 0 Å². The van der Waals surface area contributed by atoms with Crippen LogP contribution in [0.25, 0.3) is 0 Å². The van der Waals surface area contributed by atoms with E-state index < -0.39 is 0 Å². The van der Waals surface area contributed by atoms with Gasteiger partial charge in [-0.2, -0.15) is 0 Å². The standard InChI is InChI=1S/C12H16O3/c1-7(2)8-5-6-15-12-10(14)4-3-9(13)11(8)12/h3-4,7-8,13-14H,5-6H2,1-2H3. The fourth-order valence-corrected chi connectivity index (χ4v) is 2.19. The monoisotopic (exact) mass is 208 g/mol. The van der Waals surface area contributed by atoms with E-state index in [4.69, 9.17) is 4.74 Å². The zero-order valence-corrected chi connectivity index (χ0v) is 9.03. The highest BCUT2D eigenvalue weighted by molar-refractivity contribution is 5.55. The maximum absolute atomic E-state index is 9.81. The van der Waals surface area contributed by atoms with Crippen LogP contribution < -0.4 is 4.74 Å². The first-order valence-electron chi connectivity index (χ1n) is 5.29. The van der Waals surface area contributed by atoms with Crippen molar-refractivity contribution in [3.63, 3.8) is 0 Å². The highest BCUT2D eigenvalue weighted by Crippen LogP contribution is 2.47. The SMILES string of the molecule is CC(C)C1CCOc2c(O)ccc(O)c21. The number of hydrogen-bond donors (Lipinski definition) is 2. The Bertz CT molecular complexity index is 371. The topological polar surface area (TPSA) is 49.7 Å². The molecule has 1 aromatic rings. The summed E-state index contributed by atoms with van der Waals surface area (Å²) in [6.45, 7) is 4.83. The average molecular weight is 208 g/mol. The highest BCUT2D eigenvalue weighted by atomic mass is 16.5. The molecule has 0 aliphatic carbocycles. The van der Waals surface area contributed by atoms with Gasteiger partial charge in [-0.3, -0.25) is 0 Å². The van der Waals surface area contributed by atoms with Crippen LogP contribution in [0.1, 0.15) is 31.7 Å². The molecule has 1 aliphatic rings. The van der Waals surface area contributed by atoms with E-state index in [2.05, 4.69) is 13.8 Å². The Morgan fingerprint density at radius 2 is 1.93 bits per heavy atom. The minimum absolute atomic E-state index is 0.119. The Kier molecular flexibility index (Phi) is 2.47. The molecular formula is C12H16O3. The maximum atomic E-state index is 9.81. The molecule has 0 amide bonds. The minimum Gasteiger partial charge on any atom is -0.508 e. The highest BCUT2D eigenvalue weighted by Gasteiger charge is 2.29. The van der Waals surface area contributed by atoms with Crippen LogP contribution in [0.5, 0.6) is 17.2 Å². The lowest BCUT2D eigenvalue weighted by atomic mass is 9.83. The zero-order chi connectivity index (χ0) is 11.0. The van der Waals surface area contributed by atoms with Crippen molar-refractivity contribution in [2.45, 2.75) is 26.2 Å². The largest absolute Gasteiger partial charge is 0.508 e. The second-order valence-corrected chi connectivity index (χ2v) is 4.33. The van der Waals surface area contributed by atoms with E-state index in [9.17, 15) is 10.2 Å². The molecule has 82 valence electrons. The van der Waals surface area contributed by atoms with Crippen LogP contribution in [-0.4, -0.2) is 16.8 Å². The summed E-state index contributed by atoms with van der Waals surface area (Å²) in [6.07, 6.45) is 0.891. The molecule has 2 rings (SSSR count). The number of phenolic OH excluding ortho intramolecular Hbond substituents is 2. The van der Waals surface area contributed by atoms with Crippen molar-refractivity contribution >= 4 is 0 Å². The summed E-state index contributed by atoms with van der Waals surface area (Å²) in [7, 11) is 0. The van der Waals surface area contributed by atoms with Crippen LogP contribution in [0.3, 0.4) is 0 Å². The average Bonchev–Trinajstić information content (AvgIpc) is 2.23. The van der Waals surface area contributed by atoms with Crippen molar-refractivity contribution in [1.82, 2.24) is 0 Å². The van der Waals surface area contributed by atoms with Gasteiger partial charge in [-0.1, -0.05) is 13.8 Å². The van der Waals surface area contributed by atoms with Crippen LogP contribution in [0, 0.1) is 5.92 Å². The predicted octanol–water partition coefficient (Wildman–Crippen LogP) is 2.62. The first kappa shape index (κ1) is 10.1. The number of phenols is 2. The molecule has 3 nitrogen and oxygen atoms in total. The van der Waals surface area contributed by atoms with E-state index >= 15 is 0 Å². The van der Waals surface area contributed by atoms with Gasteiger partial charge in [-0.15, -0.1) is 0 Å².